The maximum atomic E-state index is 12.9. The van der Waals surface area contributed by atoms with Crippen LogP contribution in [-0.2, 0) is 9.53 Å². The molecule has 0 fully saturated rings. The van der Waals surface area contributed by atoms with Gasteiger partial charge in [0.1, 0.15) is 11.6 Å². The van der Waals surface area contributed by atoms with Gasteiger partial charge in [0.25, 0.3) is 0 Å². The van der Waals surface area contributed by atoms with Crippen LogP contribution in [-0.4, -0.2) is 19.7 Å². The molecule has 0 heterocycles. The molecule has 0 atom stereocenters. The summed E-state index contributed by atoms with van der Waals surface area (Å²) in [5.41, 5.74) is 5.20. The number of anilines is 1. The Morgan fingerprint density at radius 3 is 2.87 bits per heavy atom. The first-order valence-electron chi connectivity index (χ1n) is 3.98. The van der Waals surface area contributed by atoms with Crippen molar-refractivity contribution in [3.8, 4) is 5.75 Å². The predicted molar refractivity (Wildman–Crippen MR) is 53.3 cm³/mol. The Labute approximate surface area is 90.7 Å². The number of carbonyl (C=O) groups is 1. The van der Waals surface area contributed by atoms with Crippen LogP contribution < -0.4 is 10.5 Å². The van der Waals surface area contributed by atoms with Crippen LogP contribution in [0.1, 0.15) is 0 Å². The number of benzene rings is 1. The first-order valence-corrected chi connectivity index (χ1v) is 4.36. The van der Waals surface area contributed by atoms with Gasteiger partial charge >= 0.3 is 5.97 Å². The van der Waals surface area contributed by atoms with Crippen molar-refractivity contribution < 1.29 is 18.7 Å². The molecule has 0 unspecified atom stereocenters. The fraction of sp³-hybridized carbons (Fsp3) is 0.222. The highest BCUT2D eigenvalue weighted by Crippen LogP contribution is 2.28. The summed E-state index contributed by atoms with van der Waals surface area (Å²) >= 11 is 5.66. The molecule has 82 valence electrons. The summed E-state index contributed by atoms with van der Waals surface area (Å²) in [6.45, 7) is -0.304. The number of hydrogen-bond donors (Lipinski definition) is 1. The zero-order valence-electron chi connectivity index (χ0n) is 7.92. The lowest BCUT2D eigenvalue weighted by Gasteiger charge is -2.07. The number of nitrogen functional groups attached to an aromatic ring is 1. The lowest BCUT2D eigenvalue weighted by Crippen LogP contribution is -2.13. The fourth-order valence-corrected chi connectivity index (χ4v) is 1.06. The molecule has 0 aliphatic heterocycles. The van der Waals surface area contributed by atoms with Gasteiger partial charge in [0, 0.05) is 6.07 Å². The third kappa shape index (κ3) is 2.99. The molecule has 0 saturated heterocycles. The van der Waals surface area contributed by atoms with Crippen molar-refractivity contribution in [3.05, 3.63) is 23.0 Å². The molecule has 0 amide bonds. The van der Waals surface area contributed by atoms with Crippen molar-refractivity contribution in [2.24, 2.45) is 0 Å². The quantitative estimate of drug-likeness (QED) is 0.637. The van der Waals surface area contributed by atoms with Gasteiger partial charge < -0.3 is 15.2 Å². The van der Waals surface area contributed by atoms with E-state index in [1.165, 1.54) is 13.2 Å². The van der Waals surface area contributed by atoms with E-state index < -0.39 is 11.8 Å². The standard InChI is InChI=1S/C9H9ClFNO3/c1-14-9(13)4-15-8-3-7(12)6(11)2-5(8)10/h2-3H,4,12H2,1H3. The van der Waals surface area contributed by atoms with Crippen LogP contribution in [0.2, 0.25) is 5.02 Å². The molecule has 0 aliphatic rings. The molecule has 0 radical (unpaired) electrons. The summed E-state index contributed by atoms with van der Waals surface area (Å²) in [7, 11) is 1.23. The Morgan fingerprint density at radius 1 is 1.60 bits per heavy atom. The highest BCUT2D eigenvalue weighted by atomic mass is 35.5. The Hall–Kier alpha value is -1.49. The normalized spacial score (nSPS) is 9.80. The van der Waals surface area contributed by atoms with E-state index >= 15 is 0 Å². The summed E-state index contributed by atoms with van der Waals surface area (Å²) in [5.74, 6) is -1.06. The SMILES string of the molecule is COC(=O)COc1cc(N)c(F)cc1Cl. The Morgan fingerprint density at radius 2 is 2.27 bits per heavy atom. The van der Waals surface area contributed by atoms with Crippen LogP contribution in [0.5, 0.6) is 5.75 Å². The van der Waals surface area contributed by atoms with E-state index in [0.717, 1.165) is 6.07 Å². The molecule has 0 bridgehead atoms. The van der Waals surface area contributed by atoms with E-state index in [4.69, 9.17) is 22.1 Å². The minimum absolute atomic E-state index is 0.0469. The summed E-state index contributed by atoms with van der Waals surface area (Å²) in [6, 6.07) is 2.23. The van der Waals surface area contributed by atoms with Crippen molar-refractivity contribution in [2.45, 2.75) is 0 Å². The maximum absolute atomic E-state index is 12.9. The van der Waals surface area contributed by atoms with E-state index in [1.54, 1.807) is 0 Å². The molecule has 1 aromatic carbocycles. The molecule has 4 nitrogen and oxygen atoms in total. The second-order valence-electron chi connectivity index (χ2n) is 2.67. The fourth-order valence-electron chi connectivity index (χ4n) is 0.851. The van der Waals surface area contributed by atoms with Crippen LogP contribution in [0.4, 0.5) is 10.1 Å². The number of ether oxygens (including phenoxy) is 2. The van der Waals surface area contributed by atoms with Crippen LogP contribution in [0.3, 0.4) is 0 Å². The van der Waals surface area contributed by atoms with Crippen molar-refractivity contribution in [1.29, 1.82) is 0 Å². The van der Waals surface area contributed by atoms with Crippen molar-refractivity contribution in [3.63, 3.8) is 0 Å². The minimum Gasteiger partial charge on any atom is -0.480 e. The van der Waals surface area contributed by atoms with Crippen molar-refractivity contribution in [2.75, 3.05) is 19.5 Å². The lowest BCUT2D eigenvalue weighted by molar-refractivity contribution is -0.142. The monoisotopic (exact) mass is 233 g/mol. The van der Waals surface area contributed by atoms with Gasteiger partial charge in [-0.25, -0.2) is 9.18 Å². The summed E-state index contributed by atoms with van der Waals surface area (Å²) in [4.78, 5) is 10.8. The van der Waals surface area contributed by atoms with Gasteiger partial charge in [-0.2, -0.15) is 0 Å². The van der Waals surface area contributed by atoms with Crippen LogP contribution in [0, 0.1) is 5.82 Å². The van der Waals surface area contributed by atoms with Gasteiger partial charge in [-0.15, -0.1) is 0 Å². The highest BCUT2D eigenvalue weighted by Gasteiger charge is 2.09. The number of nitrogens with two attached hydrogens (primary N) is 1. The first-order chi connectivity index (χ1) is 7.04. The summed E-state index contributed by atoms with van der Waals surface area (Å²) in [5, 5.41) is 0.0469. The average molecular weight is 234 g/mol. The van der Waals surface area contributed by atoms with Gasteiger partial charge in [-0.3, -0.25) is 0 Å². The van der Waals surface area contributed by atoms with E-state index in [0.29, 0.717) is 0 Å². The molecule has 0 saturated carbocycles. The topological polar surface area (TPSA) is 61.5 Å². The second-order valence-corrected chi connectivity index (χ2v) is 3.08. The smallest absolute Gasteiger partial charge is 0.343 e. The number of halogens is 2. The predicted octanol–water partition coefficient (Wildman–Crippen LogP) is 1.61. The molecule has 0 aromatic heterocycles. The van der Waals surface area contributed by atoms with Gasteiger partial charge in [-0.1, -0.05) is 11.6 Å². The molecular weight excluding hydrogens is 225 g/mol. The summed E-state index contributed by atoms with van der Waals surface area (Å²) < 4.78 is 22.2. The molecular formula is C9H9ClFNO3. The largest absolute Gasteiger partial charge is 0.480 e. The minimum atomic E-state index is -0.634. The summed E-state index contributed by atoms with van der Waals surface area (Å²) in [6.07, 6.45) is 0. The Bertz CT molecular complexity index is 384. The molecule has 15 heavy (non-hydrogen) atoms. The van der Waals surface area contributed by atoms with Crippen molar-refractivity contribution in [1.82, 2.24) is 0 Å². The molecule has 0 spiro atoms. The Balaban J connectivity index is 2.77. The van der Waals surface area contributed by atoms with Crippen LogP contribution >= 0.6 is 11.6 Å². The van der Waals surface area contributed by atoms with Crippen molar-refractivity contribution >= 4 is 23.3 Å². The second kappa shape index (κ2) is 4.84. The third-order valence-corrected chi connectivity index (χ3v) is 1.92. The van der Waals surface area contributed by atoms with E-state index in [-0.39, 0.29) is 23.1 Å². The molecule has 2 N–H and O–H groups in total. The van der Waals surface area contributed by atoms with Crippen LogP contribution in [0.25, 0.3) is 0 Å². The Kier molecular flexibility index (Phi) is 3.74. The third-order valence-electron chi connectivity index (χ3n) is 1.62. The molecule has 1 rings (SSSR count). The number of rotatable bonds is 3. The van der Waals surface area contributed by atoms with E-state index in [9.17, 15) is 9.18 Å². The number of carbonyl (C=O) groups excluding carboxylic acids is 1. The van der Waals surface area contributed by atoms with Gasteiger partial charge in [0.05, 0.1) is 17.8 Å². The van der Waals surface area contributed by atoms with Gasteiger partial charge in [-0.05, 0) is 6.07 Å². The number of hydrogen-bond acceptors (Lipinski definition) is 4. The molecule has 0 aliphatic carbocycles. The zero-order valence-corrected chi connectivity index (χ0v) is 8.68. The highest BCUT2D eigenvalue weighted by molar-refractivity contribution is 6.32. The average Bonchev–Trinajstić information content (AvgIpc) is 2.21. The van der Waals surface area contributed by atoms with Gasteiger partial charge in [0.2, 0.25) is 0 Å². The zero-order chi connectivity index (χ0) is 11.4. The number of methoxy groups -OCH3 is 1. The number of esters is 1. The first kappa shape index (κ1) is 11.6. The van der Waals surface area contributed by atoms with E-state index in [2.05, 4.69) is 4.74 Å². The van der Waals surface area contributed by atoms with Crippen LogP contribution in [0.15, 0.2) is 12.1 Å². The maximum Gasteiger partial charge on any atom is 0.343 e. The molecule has 1 aromatic rings. The van der Waals surface area contributed by atoms with E-state index in [1.807, 2.05) is 0 Å². The lowest BCUT2D eigenvalue weighted by atomic mass is 10.3. The molecule has 6 heteroatoms. The van der Waals surface area contributed by atoms with Gasteiger partial charge in [0.15, 0.2) is 6.61 Å².